The largest absolute Gasteiger partial charge is 0.493 e. The van der Waals surface area contributed by atoms with E-state index in [4.69, 9.17) is 9.47 Å². The molecule has 0 amide bonds. The van der Waals surface area contributed by atoms with E-state index in [0.717, 1.165) is 16.3 Å². The molecule has 0 aliphatic carbocycles. The van der Waals surface area contributed by atoms with Gasteiger partial charge in [-0.25, -0.2) is 9.78 Å². The maximum absolute atomic E-state index is 11.2. The van der Waals surface area contributed by atoms with E-state index in [9.17, 15) is 9.90 Å². The van der Waals surface area contributed by atoms with Crippen molar-refractivity contribution in [2.24, 2.45) is 0 Å². The zero-order chi connectivity index (χ0) is 15.2. The highest BCUT2D eigenvalue weighted by Crippen LogP contribution is 2.26. The summed E-state index contributed by atoms with van der Waals surface area (Å²) in [6.07, 6.45) is 2.62. The standard InChI is InChI=1S/C15H17NO4S/c1-3-6-19-11-4-5-13(15(17)18)14(7-11)20-9-12-8-16-10(2)21-12/h4-5,7-8H,3,6,9H2,1-2H3,(H,17,18). The molecule has 0 saturated heterocycles. The van der Waals surface area contributed by atoms with Crippen LogP contribution >= 0.6 is 11.3 Å². The number of rotatable bonds is 7. The zero-order valence-corrected chi connectivity index (χ0v) is 12.8. The number of aromatic nitrogens is 1. The lowest BCUT2D eigenvalue weighted by atomic mass is 10.2. The molecular weight excluding hydrogens is 290 g/mol. The summed E-state index contributed by atoms with van der Waals surface area (Å²) in [5.41, 5.74) is 0.125. The molecule has 1 heterocycles. The Bertz CT molecular complexity index is 624. The summed E-state index contributed by atoms with van der Waals surface area (Å²) in [4.78, 5) is 16.3. The first-order chi connectivity index (χ1) is 10.1. The predicted octanol–water partition coefficient (Wildman–Crippen LogP) is 3.52. The van der Waals surface area contributed by atoms with E-state index in [1.807, 2.05) is 13.8 Å². The Morgan fingerprint density at radius 2 is 2.19 bits per heavy atom. The molecule has 0 radical (unpaired) electrons. The number of hydrogen-bond acceptors (Lipinski definition) is 5. The minimum Gasteiger partial charge on any atom is -0.493 e. The molecule has 0 atom stereocenters. The van der Waals surface area contributed by atoms with Crippen LogP contribution in [-0.2, 0) is 6.61 Å². The van der Waals surface area contributed by atoms with Crippen molar-refractivity contribution >= 4 is 17.3 Å². The van der Waals surface area contributed by atoms with Crippen molar-refractivity contribution in [3.8, 4) is 11.5 Å². The number of carbonyl (C=O) groups is 1. The van der Waals surface area contributed by atoms with Crippen LogP contribution in [0.1, 0.15) is 33.6 Å². The maximum atomic E-state index is 11.2. The molecule has 1 N–H and O–H groups in total. The first kappa shape index (κ1) is 15.3. The van der Waals surface area contributed by atoms with Gasteiger partial charge in [0.25, 0.3) is 0 Å². The van der Waals surface area contributed by atoms with Gasteiger partial charge in [-0.1, -0.05) is 6.92 Å². The fourth-order valence-corrected chi connectivity index (χ4v) is 2.44. The van der Waals surface area contributed by atoms with Gasteiger partial charge in [-0.15, -0.1) is 11.3 Å². The van der Waals surface area contributed by atoms with Crippen molar-refractivity contribution in [1.82, 2.24) is 4.98 Å². The van der Waals surface area contributed by atoms with Crippen LogP contribution in [0, 0.1) is 6.92 Å². The van der Waals surface area contributed by atoms with E-state index in [1.54, 1.807) is 18.3 Å². The predicted molar refractivity (Wildman–Crippen MR) is 80.4 cm³/mol. The van der Waals surface area contributed by atoms with Crippen molar-refractivity contribution in [3.63, 3.8) is 0 Å². The van der Waals surface area contributed by atoms with E-state index < -0.39 is 5.97 Å². The highest BCUT2D eigenvalue weighted by molar-refractivity contribution is 7.11. The highest BCUT2D eigenvalue weighted by Gasteiger charge is 2.13. The van der Waals surface area contributed by atoms with Gasteiger partial charge in [0.15, 0.2) is 0 Å². The molecule has 21 heavy (non-hydrogen) atoms. The highest BCUT2D eigenvalue weighted by atomic mass is 32.1. The van der Waals surface area contributed by atoms with E-state index in [0.29, 0.717) is 24.7 Å². The third-order valence-corrected chi connectivity index (χ3v) is 3.58. The minimum atomic E-state index is -1.02. The molecule has 0 bridgehead atoms. The van der Waals surface area contributed by atoms with E-state index in [2.05, 4.69) is 4.98 Å². The molecule has 1 aromatic carbocycles. The van der Waals surface area contributed by atoms with Crippen molar-refractivity contribution in [1.29, 1.82) is 0 Å². The number of nitrogens with zero attached hydrogens (tertiary/aromatic N) is 1. The zero-order valence-electron chi connectivity index (χ0n) is 12.0. The second-order valence-electron chi connectivity index (χ2n) is 4.45. The third kappa shape index (κ3) is 4.19. The maximum Gasteiger partial charge on any atom is 0.339 e. The van der Waals surface area contributed by atoms with Gasteiger partial charge in [-0.3, -0.25) is 0 Å². The summed E-state index contributed by atoms with van der Waals surface area (Å²) >= 11 is 1.52. The quantitative estimate of drug-likeness (QED) is 0.847. The van der Waals surface area contributed by atoms with Gasteiger partial charge in [0, 0.05) is 12.3 Å². The summed E-state index contributed by atoms with van der Waals surface area (Å²) in [7, 11) is 0. The Morgan fingerprint density at radius 3 is 2.81 bits per heavy atom. The summed E-state index contributed by atoms with van der Waals surface area (Å²) in [6.45, 7) is 4.80. The van der Waals surface area contributed by atoms with Gasteiger partial charge in [0.05, 0.1) is 16.5 Å². The van der Waals surface area contributed by atoms with Gasteiger partial charge < -0.3 is 14.6 Å². The summed E-state index contributed by atoms with van der Waals surface area (Å²) in [5.74, 6) is -0.105. The number of aryl methyl sites for hydroxylation is 1. The van der Waals surface area contributed by atoms with E-state index in [1.165, 1.54) is 17.4 Å². The molecule has 0 spiro atoms. The van der Waals surface area contributed by atoms with Gasteiger partial charge in [0.2, 0.25) is 0 Å². The molecule has 112 valence electrons. The first-order valence-electron chi connectivity index (χ1n) is 6.64. The smallest absolute Gasteiger partial charge is 0.339 e. The van der Waals surface area contributed by atoms with Crippen LogP contribution in [0.5, 0.6) is 11.5 Å². The second kappa shape index (κ2) is 7.08. The van der Waals surface area contributed by atoms with Gasteiger partial charge in [-0.2, -0.15) is 0 Å². The van der Waals surface area contributed by atoms with Crippen LogP contribution in [-0.4, -0.2) is 22.7 Å². The Labute approximate surface area is 127 Å². The summed E-state index contributed by atoms with van der Waals surface area (Å²) in [5, 5.41) is 10.2. The number of aromatic carboxylic acids is 1. The van der Waals surface area contributed by atoms with Crippen LogP contribution in [0.2, 0.25) is 0 Å². The summed E-state index contributed by atoms with van der Waals surface area (Å²) in [6, 6.07) is 4.76. The Kier molecular flexibility index (Phi) is 5.16. The van der Waals surface area contributed by atoms with E-state index in [-0.39, 0.29) is 5.56 Å². The number of hydrogen-bond donors (Lipinski definition) is 1. The number of carboxylic acid groups (broad SMARTS) is 1. The van der Waals surface area contributed by atoms with Crippen molar-refractivity contribution < 1.29 is 19.4 Å². The van der Waals surface area contributed by atoms with E-state index >= 15 is 0 Å². The van der Waals surface area contributed by atoms with Crippen molar-refractivity contribution in [2.75, 3.05) is 6.61 Å². The Morgan fingerprint density at radius 1 is 1.38 bits per heavy atom. The average molecular weight is 307 g/mol. The molecule has 6 heteroatoms. The van der Waals surface area contributed by atoms with Crippen LogP contribution in [0.15, 0.2) is 24.4 Å². The van der Waals surface area contributed by atoms with Gasteiger partial charge in [0.1, 0.15) is 23.7 Å². The second-order valence-corrected chi connectivity index (χ2v) is 5.77. The van der Waals surface area contributed by atoms with Crippen LogP contribution in [0.25, 0.3) is 0 Å². The van der Waals surface area contributed by atoms with Crippen molar-refractivity contribution in [3.05, 3.63) is 39.8 Å². The first-order valence-corrected chi connectivity index (χ1v) is 7.46. The Balaban J connectivity index is 2.15. The van der Waals surface area contributed by atoms with Crippen LogP contribution in [0.3, 0.4) is 0 Å². The lowest BCUT2D eigenvalue weighted by Gasteiger charge is -2.11. The molecular formula is C15H17NO4S. The lowest BCUT2D eigenvalue weighted by Crippen LogP contribution is -2.04. The fraction of sp³-hybridized carbons (Fsp3) is 0.333. The normalized spacial score (nSPS) is 10.4. The third-order valence-electron chi connectivity index (χ3n) is 2.70. The Hall–Kier alpha value is -2.08. The van der Waals surface area contributed by atoms with Gasteiger partial charge in [-0.05, 0) is 25.5 Å². The molecule has 0 fully saturated rings. The van der Waals surface area contributed by atoms with Gasteiger partial charge >= 0.3 is 5.97 Å². The average Bonchev–Trinajstić information content (AvgIpc) is 2.88. The monoisotopic (exact) mass is 307 g/mol. The lowest BCUT2D eigenvalue weighted by molar-refractivity contribution is 0.0691. The van der Waals surface area contributed by atoms with Crippen LogP contribution in [0.4, 0.5) is 0 Å². The number of ether oxygens (including phenoxy) is 2. The molecule has 0 aliphatic heterocycles. The molecule has 1 aromatic heterocycles. The fourth-order valence-electron chi connectivity index (χ4n) is 1.73. The molecule has 0 aliphatic rings. The molecule has 5 nitrogen and oxygen atoms in total. The topological polar surface area (TPSA) is 68.7 Å². The molecule has 0 saturated carbocycles. The number of carboxylic acids is 1. The molecule has 2 rings (SSSR count). The van der Waals surface area contributed by atoms with Crippen LogP contribution < -0.4 is 9.47 Å². The minimum absolute atomic E-state index is 0.125. The number of benzene rings is 1. The van der Waals surface area contributed by atoms with Crippen molar-refractivity contribution in [2.45, 2.75) is 26.9 Å². The molecule has 0 unspecified atom stereocenters. The summed E-state index contributed by atoms with van der Waals surface area (Å²) < 4.78 is 11.1. The molecule has 2 aromatic rings. The number of thiazole rings is 1. The SMILES string of the molecule is CCCOc1ccc(C(=O)O)c(OCc2cnc(C)s2)c1.